The predicted octanol–water partition coefficient (Wildman–Crippen LogP) is -4.28. The Balaban J connectivity index is -0.000000158. The largest absolute Gasteiger partial charge is 1.00 e. The van der Waals surface area contributed by atoms with E-state index in [1.807, 2.05) is 0 Å². The molecule has 0 saturated carbocycles. The Hall–Kier alpha value is 2.07. The molecule has 0 unspecified atom stereocenters. The van der Waals surface area contributed by atoms with Gasteiger partial charge in [-0.25, -0.2) is 0 Å². The summed E-state index contributed by atoms with van der Waals surface area (Å²) in [5.74, 6) is 0. The molecular weight excluding hydrogens is 301 g/mol. The van der Waals surface area contributed by atoms with Gasteiger partial charge in [-0.3, -0.25) is 4.57 Å². The molecule has 0 saturated heterocycles. The molecule has 0 atom stereocenters. The molecule has 0 fully saturated rings. The van der Waals surface area contributed by atoms with Gasteiger partial charge in [0.15, 0.2) is 0 Å². The molecule has 0 amide bonds. The van der Waals surface area contributed by atoms with Gasteiger partial charge in [-0.15, -0.1) is 6.61 Å². The molecule has 0 aliphatic carbocycles. The fraction of sp³-hybridized carbons (Fsp3) is 1.00. The Morgan fingerprint density at radius 1 is 0.800 bits per heavy atom. The summed E-state index contributed by atoms with van der Waals surface area (Å²) in [5, 5.41) is 10.1. The Morgan fingerprint density at radius 3 is 1.30 bits per heavy atom. The van der Waals surface area contributed by atoms with Crippen molar-refractivity contribution < 1.29 is 83.5 Å². The first-order valence-electron chi connectivity index (χ1n) is 6.76. The monoisotopic (exact) mass is 328 g/mol. The topological polar surface area (TPSA) is 104 Å². The number of phosphoric acid groups is 1. The minimum atomic E-state index is -4.89. The first-order valence-corrected chi connectivity index (χ1v) is 8.29. The quantitative estimate of drug-likeness (QED) is 0.240. The van der Waals surface area contributed by atoms with Crippen LogP contribution >= 0.6 is 7.82 Å². The van der Waals surface area contributed by atoms with Crippen LogP contribution in [0.3, 0.4) is 0 Å². The number of hydrogen-bond acceptors (Lipinski definition) is 3. The number of rotatable bonds is 10. The van der Waals surface area contributed by atoms with E-state index >= 15 is 0 Å². The molecule has 0 aromatic carbocycles. The molecule has 0 radical (unpaired) electrons. The van der Waals surface area contributed by atoms with Crippen LogP contribution in [0.4, 0.5) is 0 Å². The molecule has 8 heteroatoms. The van der Waals surface area contributed by atoms with Gasteiger partial charge in [0.25, 0.3) is 7.82 Å². The molecule has 0 aromatic heterocycles. The SMILES string of the molecule is CCCCCCCCCCCC[O-].O=P([O-])(O)O.[Na+].[Na+]. The normalized spacial score (nSPS) is 9.85. The third-order valence-corrected chi connectivity index (χ3v) is 2.50. The maximum absolute atomic E-state index is 10.1. The number of unbranched alkanes of at least 4 members (excludes halogenated alkanes) is 9. The van der Waals surface area contributed by atoms with Crippen molar-refractivity contribution in [3.8, 4) is 0 Å². The Bertz CT molecular complexity index is 184. The molecular formula is C12H27Na2O5P. The zero-order valence-corrected chi connectivity index (χ0v) is 18.2. The van der Waals surface area contributed by atoms with E-state index in [2.05, 4.69) is 6.92 Å². The van der Waals surface area contributed by atoms with Crippen LogP contribution in [-0.2, 0) is 4.57 Å². The molecule has 20 heavy (non-hydrogen) atoms. The van der Waals surface area contributed by atoms with Gasteiger partial charge < -0.3 is 19.8 Å². The van der Waals surface area contributed by atoms with Crippen molar-refractivity contribution in [1.82, 2.24) is 0 Å². The molecule has 0 bridgehead atoms. The summed E-state index contributed by atoms with van der Waals surface area (Å²) >= 11 is 0. The van der Waals surface area contributed by atoms with Crippen molar-refractivity contribution in [2.75, 3.05) is 6.61 Å². The van der Waals surface area contributed by atoms with E-state index in [0.29, 0.717) is 0 Å². The molecule has 2 N–H and O–H groups in total. The first-order chi connectivity index (χ1) is 8.41. The zero-order valence-electron chi connectivity index (χ0n) is 13.3. The van der Waals surface area contributed by atoms with Crippen LogP contribution in [0.25, 0.3) is 0 Å². The van der Waals surface area contributed by atoms with Crippen LogP contribution < -0.4 is 69.1 Å². The van der Waals surface area contributed by atoms with E-state index in [1.165, 1.54) is 51.4 Å². The second-order valence-corrected chi connectivity index (χ2v) is 5.36. The van der Waals surface area contributed by atoms with Crippen LogP contribution in [0.15, 0.2) is 0 Å². The van der Waals surface area contributed by atoms with Gasteiger partial charge in [-0.2, -0.15) is 0 Å². The smallest absolute Gasteiger partial charge is 0.854 e. The van der Waals surface area contributed by atoms with E-state index in [0.717, 1.165) is 12.8 Å². The van der Waals surface area contributed by atoms with Gasteiger partial charge >= 0.3 is 59.1 Å². The van der Waals surface area contributed by atoms with Gasteiger partial charge in [0.2, 0.25) is 0 Å². The summed E-state index contributed by atoms with van der Waals surface area (Å²) < 4.78 is 8.77. The van der Waals surface area contributed by atoms with Crippen LogP contribution in [0.1, 0.15) is 71.1 Å². The fourth-order valence-corrected chi connectivity index (χ4v) is 1.59. The molecule has 112 valence electrons. The molecule has 0 rings (SSSR count). The minimum Gasteiger partial charge on any atom is -0.854 e. The van der Waals surface area contributed by atoms with Crippen LogP contribution in [0, 0.1) is 0 Å². The summed E-state index contributed by atoms with van der Waals surface area (Å²) in [7, 11) is -4.89. The second-order valence-electron chi connectivity index (χ2n) is 4.38. The summed E-state index contributed by atoms with van der Waals surface area (Å²) in [5.41, 5.74) is 0. The summed E-state index contributed by atoms with van der Waals surface area (Å²) in [6.07, 6.45) is 13.0. The standard InChI is InChI=1S/C12H25O.2Na.H3O4P/c1-2-3-4-5-6-7-8-9-10-11-12-13;;;1-5(2,3)4/h2-12H2,1H3;;;(H3,1,2,3,4)/q-1;2*+1;/p-1. The number of hydrogen-bond donors (Lipinski definition) is 2. The van der Waals surface area contributed by atoms with Gasteiger partial charge in [0.1, 0.15) is 0 Å². The van der Waals surface area contributed by atoms with E-state index in [-0.39, 0.29) is 65.7 Å². The van der Waals surface area contributed by atoms with Crippen LogP contribution in [0.2, 0.25) is 0 Å². The van der Waals surface area contributed by atoms with E-state index in [1.54, 1.807) is 0 Å². The van der Waals surface area contributed by atoms with Crippen molar-refractivity contribution in [3.63, 3.8) is 0 Å². The van der Waals surface area contributed by atoms with Crippen LogP contribution in [-0.4, -0.2) is 16.4 Å². The van der Waals surface area contributed by atoms with E-state index in [9.17, 15) is 5.11 Å². The third kappa shape index (κ3) is 50.1. The van der Waals surface area contributed by atoms with Crippen molar-refractivity contribution in [2.45, 2.75) is 71.1 Å². The third-order valence-electron chi connectivity index (χ3n) is 2.50. The maximum Gasteiger partial charge on any atom is 1.00 e. The van der Waals surface area contributed by atoms with Crippen molar-refractivity contribution >= 4 is 7.82 Å². The van der Waals surface area contributed by atoms with Crippen molar-refractivity contribution in [1.29, 1.82) is 0 Å². The Labute approximate surface area is 167 Å². The Morgan fingerprint density at radius 2 is 1.05 bits per heavy atom. The molecule has 0 aliphatic heterocycles. The van der Waals surface area contributed by atoms with E-state index in [4.69, 9.17) is 19.2 Å². The summed E-state index contributed by atoms with van der Waals surface area (Å²) in [6, 6.07) is 0. The average molecular weight is 328 g/mol. The van der Waals surface area contributed by atoms with Crippen LogP contribution in [0.5, 0.6) is 0 Å². The Kier molecular flexibility index (Phi) is 35.0. The molecule has 0 aliphatic rings. The summed E-state index contributed by atoms with van der Waals surface area (Å²) in [4.78, 5) is 22.9. The van der Waals surface area contributed by atoms with Gasteiger partial charge in [-0.1, -0.05) is 71.1 Å². The fourth-order valence-electron chi connectivity index (χ4n) is 1.59. The molecule has 0 aromatic rings. The molecule has 0 heterocycles. The molecule has 5 nitrogen and oxygen atoms in total. The predicted molar refractivity (Wildman–Crippen MR) is 68.8 cm³/mol. The first kappa shape index (κ1) is 30.0. The minimum absolute atomic E-state index is 0. The average Bonchev–Trinajstić information content (AvgIpc) is 2.25. The van der Waals surface area contributed by atoms with Crippen molar-refractivity contribution in [3.05, 3.63) is 0 Å². The maximum atomic E-state index is 10.1. The van der Waals surface area contributed by atoms with Crippen molar-refractivity contribution in [2.24, 2.45) is 0 Å². The molecule has 0 spiro atoms. The van der Waals surface area contributed by atoms with Gasteiger partial charge in [0.05, 0.1) is 0 Å². The summed E-state index contributed by atoms with van der Waals surface area (Å²) in [6.45, 7) is 2.37. The zero-order chi connectivity index (χ0) is 14.3. The second kappa shape index (κ2) is 23.3. The van der Waals surface area contributed by atoms with Gasteiger partial charge in [-0.05, 0) is 0 Å². The van der Waals surface area contributed by atoms with Gasteiger partial charge in [0, 0.05) is 0 Å². The van der Waals surface area contributed by atoms with E-state index < -0.39 is 7.82 Å².